The molecule has 5 rings (SSSR count). The van der Waals surface area contributed by atoms with Crippen molar-refractivity contribution in [2.75, 3.05) is 19.0 Å². The molecule has 5 aromatic rings. The molecular formula is C32H11B4F20N. The molecule has 0 saturated carbocycles. The Morgan fingerprint density at radius 1 is 0.263 bits per heavy atom. The molecule has 0 unspecified atom stereocenters. The number of benzene rings is 5. The van der Waals surface area contributed by atoms with Gasteiger partial charge in [0.2, 0.25) is 0 Å². The Hall–Kier alpha value is -5.24. The summed E-state index contributed by atoms with van der Waals surface area (Å²) in [4.78, 5) is 2.08. The molecule has 8 radical (unpaired) electrons. The van der Waals surface area contributed by atoms with Crippen molar-refractivity contribution in [2.45, 2.75) is 0 Å². The van der Waals surface area contributed by atoms with E-state index in [1.54, 1.807) is 0 Å². The molecule has 0 spiro atoms. The molecule has 0 saturated heterocycles. The van der Waals surface area contributed by atoms with Gasteiger partial charge in [0.15, 0.2) is 116 Å². The summed E-state index contributed by atoms with van der Waals surface area (Å²) in [5, 5.41) is 0. The zero-order valence-corrected chi connectivity index (χ0v) is 27.7. The topological polar surface area (TPSA) is 3.24 Å². The van der Waals surface area contributed by atoms with Crippen LogP contribution in [-0.4, -0.2) is 45.5 Å². The predicted molar refractivity (Wildman–Crippen MR) is 167 cm³/mol. The van der Waals surface area contributed by atoms with Crippen molar-refractivity contribution in [3.8, 4) is 0 Å². The van der Waals surface area contributed by atoms with E-state index in [1.807, 2.05) is 32.3 Å². The summed E-state index contributed by atoms with van der Waals surface area (Å²) in [6, 6.07) is 10.3. The number of anilines is 1. The van der Waals surface area contributed by atoms with Gasteiger partial charge in [0.05, 0.1) is 0 Å². The third-order valence-electron chi connectivity index (χ3n) is 6.25. The first-order valence-corrected chi connectivity index (χ1v) is 14.0. The molecule has 0 N–H and O–H groups in total. The zero-order valence-electron chi connectivity index (χ0n) is 27.7. The monoisotopic (exact) mass is 833 g/mol. The normalized spacial score (nSPS) is 10.2. The maximum Gasteiger partial charge on any atom is 0.200 e. The molecule has 0 atom stereocenters. The highest BCUT2D eigenvalue weighted by Gasteiger charge is 2.25. The van der Waals surface area contributed by atoms with E-state index in [2.05, 4.69) is 48.4 Å². The lowest BCUT2D eigenvalue weighted by atomic mass is 9.94. The number of rotatable bonds is 1. The van der Waals surface area contributed by atoms with Crippen molar-refractivity contribution in [2.24, 2.45) is 0 Å². The average Bonchev–Trinajstić information content (AvgIpc) is 3.21. The van der Waals surface area contributed by atoms with Gasteiger partial charge in [0.1, 0.15) is 31.4 Å². The van der Waals surface area contributed by atoms with Gasteiger partial charge in [-0.3, -0.25) is 0 Å². The fraction of sp³-hybridized carbons (Fsp3) is 0.0625. The first-order valence-electron chi connectivity index (χ1n) is 14.0. The average molecular weight is 833 g/mol. The van der Waals surface area contributed by atoms with Crippen LogP contribution < -0.4 is 26.8 Å². The first kappa shape index (κ1) is 49.8. The Morgan fingerprint density at radius 3 is 0.526 bits per heavy atom. The fourth-order valence-corrected chi connectivity index (χ4v) is 3.21. The summed E-state index contributed by atoms with van der Waals surface area (Å²) < 4.78 is 244. The van der Waals surface area contributed by atoms with Gasteiger partial charge in [-0.25, -0.2) is 87.8 Å². The lowest BCUT2D eigenvalue weighted by Crippen LogP contribution is -2.20. The van der Waals surface area contributed by atoms with Crippen LogP contribution in [0.5, 0.6) is 0 Å². The van der Waals surface area contributed by atoms with E-state index in [-0.39, 0.29) is 0 Å². The molecule has 296 valence electrons. The van der Waals surface area contributed by atoms with Gasteiger partial charge in [-0.15, -0.1) is 0 Å². The molecule has 0 bridgehead atoms. The van der Waals surface area contributed by atoms with Crippen LogP contribution in [-0.2, 0) is 0 Å². The number of hydrogen-bond donors (Lipinski definition) is 0. The third kappa shape index (κ3) is 11.4. The number of halogens is 20. The summed E-state index contributed by atoms with van der Waals surface area (Å²) in [6.07, 6.45) is 0. The van der Waals surface area contributed by atoms with Gasteiger partial charge >= 0.3 is 0 Å². The smallest absolute Gasteiger partial charge is 0.200 e. The number of para-hydroxylation sites is 1. The summed E-state index contributed by atoms with van der Waals surface area (Å²) in [6.45, 7) is 0. The van der Waals surface area contributed by atoms with Crippen molar-refractivity contribution in [3.05, 3.63) is 147 Å². The fourth-order valence-electron chi connectivity index (χ4n) is 3.21. The Bertz CT molecular complexity index is 1550. The highest BCUT2D eigenvalue weighted by atomic mass is 19.2. The van der Waals surface area contributed by atoms with E-state index >= 15 is 0 Å². The van der Waals surface area contributed by atoms with Crippen LogP contribution in [0.3, 0.4) is 0 Å². The largest absolute Gasteiger partial charge is 0.378 e. The van der Waals surface area contributed by atoms with Gasteiger partial charge in [0, 0.05) is 19.8 Å². The quantitative estimate of drug-likeness (QED) is 0.0813. The van der Waals surface area contributed by atoms with Gasteiger partial charge in [-0.1, -0.05) is 18.2 Å². The standard InChI is InChI=1S/C8H11N.4C6BF5/c1-9(2)8-6-4-3-5-7-8;4*7-1-2(8)4(10)6(12)5(11)3(1)9/h3-7H,1-2H3;;;;. The minimum absolute atomic E-state index is 1.25. The van der Waals surface area contributed by atoms with Gasteiger partial charge in [-0.05, 0) is 34.0 Å². The maximum absolute atomic E-state index is 12.3. The minimum Gasteiger partial charge on any atom is -0.378 e. The van der Waals surface area contributed by atoms with E-state index in [9.17, 15) is 87.8 Å². The SMILES string of the molecule is CN(C)c1ccccc1.[B]c1c(F)c(F)c(F)c(F)c1F.[B]c1c(F)c(F)c(F)c(F)c1F.[B]c1c(F)c(F)c(F)c(F)c1F.[B]c1c(F)c(F)c(F)c(F)c1F. The Balaban J connectivity index is 0.000000357. The molecule has 0 amide bonds. The Labute approximate surface area is 312 Å². The van der Waals surface area contributed by atoms with Crippen LogP contribution in [0.15, 0.2) is 30.3 Å². The predicted octanol–water partition coefficient (Wildman–Crippen LogP) is 6.46. The second-order valence-corrected chi connectivity index (χ2v) is 10.2. The van der Waals surface area contributed by atoms with Crippen molar-refractivity contribution >= 4 is 58.9 Å². The molecule has 25 heteroatoms. The summed E-state index contributed by atoms with van der Waals surface area (Å²) in [5.41, 5.74) is -4.23. The van der Waals surface area contributed by atoms with Crippen molar-refractivity contribution in [1.29, 1.82) is 0 Å². The zero-order chi connectivity index (χ0) is 44.5. The van der Waals surface area contributed by atoms with Crippen molar-refractivity contribution < 1.29 is 87.8 Å². The van der Waals surface area contributed by atoms with E-state index in [1.165, 1.54) is 5.69 Å². The number of nitrogens with zero attached hydrogens (tertiary/aromatic N) is 1. The van der Waals surface area contributed by atoms with Crippen LogP contribution in [0.2, 0.25) is 0 Å². The molecule has 0 aromatic heterocycles. The molecule has 1 nitrogen and oxygen atoms in total. The van der Waals surface area contributed by atoms with E-state index < -0.39 is 138 Å². The van der Waals surface area contributed by atoms with Crippen molar-refractivity contribution in [3.63, 3.8) is 0 Å². The van der Waals surface area contributed by atoms with Gasteiger partial charge < -0.3 is 4.90 Å². The number of hydrogen-bond acceptors (Lipinski definition) is 1. The van der Waals surface area contributed by atoms with Crippen LogP contribution in [0, 0.1) is 116 Å². The molecule has 57 heavy (non-hydrogen) atoms. The highest BCUT2D eigenvalue weighted by molar-refractivity contribution is 6.33. The first-order chi connectivity index (χ1) is 26.2. The van der Waals surface area contributed by atoms with Crippen LogP contribution in [0.25, 0.3) is 0 Å². The minimum atomic E-state index is -2.21. The van der Waals surface area contributed by atoms with Gasteiger partial charge in [-0.2, -0.15) is 0 Å². The van der Waals surface area contributed by atoms with Crippen LogP contribution in [0.4, 0.5) is 93.5 Å². The summed E-state index contributed by atoms with van der Waals surface area (Å²) >= 11 is 0. The van der Waals surface area contributed by atoms with Crippen LogP contribution >= 0.6 is 0 Å². The third-order valence-corrected chi connectivity index (χ3v) is 6.25. The lowest BCUT2D eigenvalue weighted by Gasteiger charge is -2.10. The van der Waals surface area contributed by atoms with Crippen LogP contribution in [0.1, 0.15) is 0 Å². The van der Waals surface area contributed by atoms with E-state index in [0.717, 1.165) is 0 Å². The maximum atomic E-state index is 12.3. The second-order valence-electron chi connectivity index (χ2n) is 10.2. The molecule has 0 aliphatic heterocycles. The molecule has 0 aliphatic rings. The lowest BCUT2D eigenvalue weighted by molar-refractivity contribution is 0.384. The molecule has 0 aliphatic carbocycles. The van der Waals surface area contributed by atoms with Gasteiger partial charge in [0.25, 0.3) is 0 Å². The van der Waals surface area contributed by atoms with E-state index in [4.69, 9.17) is 0 Å². The Morgan fingerprint density at radius 2 is 0.404 bits per heavy atom. The van der Waals surface area contributed by atoms with E-state index in [0.29, 0.717) is 0 Å². The highest BCUT2D eigenvalue weighted by Crippen LogP contribution is 2.18. The summed E-state index contributed by atoms with van der Waals surface area (Å²) in [5.74, 6) is -41.2. The van der Waals surface area contributed by atoms with Crippen molar-refractivity contribution in [1.82, 2.24) is 0 Å². The Kier molecular flexibility index (Phi) is 18.2. The molecular weight excluding hydrogens is 822 g/mol. The molecule has 0 fully saturated rings. The second kappa shape index (κ2) is 20.8. The summed E-state index contributed by atoms with van der Waals surface area (Å²) in [7, 11) is 22.3. The molecule has 0 heterocycles. The molecule has 5 aromatic carbocycles.